The fraction of sp³-hybridized carbons (Fsp3) is 0.583. The molecule has 0 aliphatic rings. The molecule has 0 fully saturated rings. The van der Waals surface area contributed by atoms with Gasteiger partial charge in [-0.15, -0.1) is 11.3 Å². The smallest absolute Gasteiger partial charge is 0.0956 e. The van der Waals surface area contributed by atoms with E-state index in [0.29, 0.717) is 5.92 Å². The zero-order valence-corrected chi connectivity index (χ0v) is 11.2. The van der Waals surface area contributed by atoms with Crippen LogP contribution in [0.15, 0.2) is 23.7 Å². The average Bonchev–Trinajstić information content (AvgIpc) is 2.70. The number of allylic oxidation sites excluding steroid dienone is 1. The van der Waals surface area contributed by atoms with Crippen LogP contribution < -0.4 is 0 Å². The molecule has 0 saturated carbocycles. The van der Waals surface area contributed by atoms with Gasteiger partial charge in [0.15, 0.2) is 0 Å². The van der Waals surface area contributed by atoms with E-state index < -0.39 is 0 Å². The van der Waals surface area contributed by atoms with Crippen LogP contribution in [-0.4, -0.2) is 16.5 Å². The highest BCUT2D eigenvalue weighted by Crippen LogP contribution is 2.25. The first kappa shape index (κ1) is 12.8. The van der Waals surface area contributed by atoms with Gasteiger partial charge in [-0.2, -0.15) is 11.8 Å². The molecule has 1 atom stereocenters. The van der Waals surface area contributed by atoms with Gasteiger partial charge >= 0.3 is 0 Å². The molecule has 84 valence electrons. The lowest BCUT2D eigenvalue weighted by Crippen LogP contribution is -1.96. The van der Waals surface area contributed by atoms with Crippen LogP contribution >= 0.6 is 23.1 Å². The number of nitrogens with zero attached hydrogens (tertiary/aromatic N) is 1. The molecule has 3 heteroatoms. The molecule has 0 spiro atoms. The van der Waals surface area contributed by atoms with Crippen molar-refractivity contribution in [2.75, 3.05) is 11.5 Å². The predicted octanol–water partition coefficient (Wildman–Crippen LogP) is 4.34. The summed E-state index contributed by atoms with van der Waals surface area (Å²) >= 11 is 3.73. The summed E-state index contributed by atoms with van der Waals surface area (Å²) in [4.78, 5) is 4.34. The number of hydrogen-bond donors (Lipinski definition) is 0. The van der Waals surface area contributed by atoms with Gasteiger partial charge in [0, 0.05) is 17.5 Å². The average molecular weight is 241 g/mol. The van der Waals surface area contributed by atoms with E-state index in [1.165, 1.54) is 22.1 Å². The fourth-order valence-electron chi connectivity index (χ4n) is 1.46. The van der Waals surface area contributed by atoms with Crippen molar-refractivity contribution < 1.29 is 0 Å². The first-order valence-electron chi connectivity index (χ1n) is 5.37. The van der Waals surface area contributed by atoms with Crippen molar-refractivity contribution in [1.82, 2.24) is 4.98 Å². The Morgan fingerprint density at radius 1 is 1.67 bits per heavy atom. The molecular formula is C12H19NS2. The lowest BCUT2D eigenvalue weighted by atomic mass is 10.0. The molecule has 0 N–H and O–H groups in total. The third kappa shape index (κ3) is 4.85. The Morgan fingerprint density at radius 3 is 3.07 bits per heavy atom. The van der Waals surface area contributed by atoms with E-state index in [2.05, 4.69) is 25.4 Å². The van der Waals surface area contributed by atoms with Crippen molar-refractivity contribution in [2.45, 2.75) is 32.6 Å². The van der Waals surface area contributed by atoms with E-state index in [9.17, 15) is 0 Å². The van der Waals surface area contributed by atoms with Gasteiger partial charge in [-0.3, -0.25) is 0 Å². The molecule has 0 amide bonds. The summed E-state index contributed by atoms with van der Waals surface area (Å²) in [7, 11) is 0. The van der Waals surface area contributed by atoms with Gasteiger partial charge in [0.1, 0.15) is 0 Å². The molecule has 0 aliphatic heterocycles. The summed E-state index contributed by atoms with van der Waals surface area (Å²) < 4.78 is 0. The van der Waals surface area contributed by atoms with E-state index in [1.807, 2.05) is 23.3 Å². The number of aromatic nitrogens is 1. The minimum Gasteiger partial charge on any atom is -0.249 e. The third-order valence-electron chi connectivity index (χ3n) is 2.27. The molecule has 0 bridgehead atoms. The topological polar surface area (TPSA) is 12.9 Å². The molecule has 15 heavy (non-hydrogen) atoms. The highest BCUT2D eigenvalue weighted by molar-refractivity contribution is 7.99. The summed E-state index contributed by atoms with van der Waals surface area (Å²) in [5.41, 5.74) is 1.36. The zero-order valence-electron chi connectivity index (χ0n) is 9.53. The van der Waals surface area contributed by atoms with E-state index in [1.54, 1.807) is 11.3 Å². The van der Waals surface area contributed by atoms with Crippen molar-refractivity contribution in [3.05, 3.63) is 28.7 Å². The van der Waals surface area contributed by atoms with E-state index >= 15 is 0 Å². The lowest BCUT2D eigenvalue weighted by molar-refractivity contribution is 0.729. The Labute approximate surface area is 101 Å². The molecular weight excluding hydrogens is 222 g/mol. The zero-order chi connectivity index (χ0) is 11.1. The second-order valence-electron chi connectivity index (χ2n) is 3.67. The van der Waals surface area contributed by atoms with Gasteiger partial charge in [0.25, 0.3) is 0 Å². The molecule has 1 aromatic heterocycles. The monoisotopic (exact) mass is 241 g/mol. The van der Waals surface area contributed by atoms with Crippen LogP contribution in [0, 0.1) is 0 Å². The highest BCUT2D eigenvalue weighted by Gasteiger charge is 2.09. The molecule has 0 aromatic carbocycles. The summed E-state index contributed by atoms with van der Waals surface area (Å²) in [5.74, 6) is 2.94. The maximum Gasteiger partial charge on any atom is 0.0956 e. The van der Waals surface area contributed by atoms with Crippen LogP contribution in [0.4, 0.5) is 0 Å². The third-order valence-corrected chi connectivity index (χ3v) is 4.18. The van der Waals surface area contributed by atoms with Crippen molar-refractivity contribution in [3.63, 3.8) is 0 Å². The lowest BCUT2D eigenvalue weighted by Gasteiger charge is -2.10. The Hall–Kier alpha value is -0.280. The molecule has 1 rings (SSSR count). The van der Waals surface area contributed by atoms with Gasteiger partial charge in [-0.25, -0.2) is 4.98 Å². The van der Waals surface area contributed by atoms with Crippen molar-refractivity contribution in [1.29, 1.82) is 0 Å². The molecule has 1 aromatic rings. The largest absolute Gasteiger partial charge is 0.249 e. The number of thiazole rings is 1. The molecule has 1 unspecified atom stereocenters. The van der Waals surface area contributed by atoms with Crippen molar-refractivity contribution in [2.24, 2.45) is 0 Å². The van der Waals surface area contributed by atoms with Crippen LogP contribution in [-0.2, 0) is 0 Å². The predicted molar refractivity (Wildman–Crippen MR) is 71.9 cm³/mol. The maximum atomic E-state index is 4.34. The Bertz CT molecular complexity index is 280. The van der Waals surface area contributed by atoms with Gasteiger partial charge in [-0.05, 0) is 24.3 Å². The van der Waals surface area contributed by atoms with Crippen molar-refractivity contribution >= 4 is 23.1 Å². The molecule has 0 radical (unpaired) electrons. The fourth-order valence-corrected chi connectivity index (χ4v) is 2.88. The second kappa shape index (κ2) is 7.07. The molecule has 1 nitrogen and oxygen atoms in total. The summed E-state index contributed by atoms with van der Waals surface area (Å²) in [6.07, 6.45) is 4.11. The number of hydrogen-bond acceptors (Lipinski definition) is 3. The molecule has 1 heterocycles. The van der Waals surface area contributed by atoms with E-state index in [4.69, 9.17) is 0 Å². The molecule has 0 aliphatic carbocycles. The van der Waals surface area contributed by atoms with Crippen LogP contribution in [0.1, 0.15) is 37.6 Å². The minimum absolute atomic E-state index is 0.532. The summed E-state index contributed by atoms with van der Waals surface area (Å²) in [6.45, 7) is 8.57. The van der Waals surface area contributed by atoms with Crippen molar-refractivity contribution in [3.8, 4) is 0 Å². The normalized spacial score (nSPS) is 12.7. The maximum absolute atomic E-state index is 4.34. The Morgan fingerprint density at radius 2 is 2.47 bits per heavy atom. The second-order valence-corrected chi connectivity index (χ2v) is 5.99. The van der Waals surface area contributed by atoms with Gasteiger partial charge < -0.3 is 0 Å². The van der Waals surface area contributed by atoms with Gasteiger partial charge in [0.05, 0.1) is 5.01 Å². The highest BCUT2D eigenvalue weighted by atomic mass is 32.2. The Balaban J connectivity index is 2.26. The van der Waals surface area contributed by atoms with E-state index in [0.717, 1.165) is 12.8 Å². The van der Waals surface area contributed by atoms with Crippen LogP contribution in [0.25, 0.3) is 0 Å². The van der Waals surface area contributed by atoms with E-state index in [-0.39, 0.29) is 0 Å². The van der Waals surface area contributed by atoms with Crippen LogP contribution in [0.5, 0.6) is 0 Å². The van der Waals surface area contributed by atoms with Crippen LogP contribution in [0.3, 0.4) is 0 Å². The summed E-state index contributed by atoms with van der Waals surface area (Å²) in [6, 6.07) is 0. The SMILES string of the molecule is C=C(CCSCC)CC(C)c1nccs1. The van der Waals surface area contributed by atoms with Gasteiger partial charge in [-0.1, -0.05) is 26.0 Å². The first-order chi connectivity index (χ1) is 7.24. The van der Waals surface area contributed by atoms with Crippen LogP contribution in [0.2, 0.25) is 0 Å². The quantitative estimate of drug-likeness (QED) is 0.520. The van der Waals surface area contributed by atoms with Gasteiger partial charge in [0.2, 0.25) is 0 Å². The number of thioether (sulfide) groups is 1. The Kier molecular flexibility index (Phi) is 6.03. The molecule has 0 saturated heterocycles. The minimum atomic E-state index is 0.532. The first-order valence-corrected chi connectivity index (χ1v) is 7.41. The number of rotatable bonds is 7. The summed E-state index contributed by atoms with van der Waals surface area (Å²) in [5, 5.41) is 3.28. The standard InChI is InChI=1S/C12H19NS2/c1-4-14-7-5-10(2)9-11(3)12-13-6-8-15-12/h6,8,11H,2,4-5,7,9H2,1,3H3.